The molecule has 0 bridgehead atoms. The van der Waals surface area contributed by atoms with Crippen molar-refractivity contribution in [1.82, 2.24) is 4.98 Å². The maximum atomic E-state index is 11.0. The molecule has 1 atom stereocenters. The summed E-state index contributed by atoms with van der Waals surface area (Å²) in [6.45, 7) is 1.77. The van der Waals surface area contributed by atoms with E-state index in [4.69, 9.17) is 9.52 Å². The molecule has 0 spiro atoms. The van der Waals surface area contributed by atoms with Crippen LogP contribution in [0.1, 0.15) is 11.1 Å². The molecule has 2 aromatic rings. The van der Waals surface area contributed by atoms with Gasteiger partial charge in [0.1, 0.15) is 0 Å². The topological polar surface area (TPSA) is 104 Å². The van der Waals surface area contributed by atoms with Crippen molar-refractivity contribution in [2.24, 2.45) is 0 Å². The van der Waals surface area contributed by atoms with Crippen LogP contribution in [0.15, 0.2) is 21.3 Å². The number of nitrogens with one attached hydrogen (secondary N) is 1. The van der Waals surface area contributed by atoms with Crippen LogP contribution in [0.3, 0.4) is 0 Å². The molecule has 1 heterocycles. The van der Waals surface area contributed by atoms with Crippen LogP contribution in [-0.4, -0.2) is 27.3 Å². The van der Waals surface area contributed by atoms with Crippen molar-refractivity contribution in [2.75, 3.05) is 0 Å². The number of rotatable bonds is 3. The standard InChI is InChI=1S/C11H11NO5/c1-5-2-6(3-7(13)10(14)15)4-8-9(5)12-11(16)17-8/h2,4,7,13H,3H2,1H3,(H,12,16)(H,14,15)/t7-/m1/s1. The average molecular weight is 237 g/mol. The predicted octanol–water partition coefficient (Wildman–Crippen LogP) is 0.418. The summed E-state index contributed by atoms with van der Waals surface area (Å²) in [6.07, 6.45) is -1.49. The van der Waals surface area contributed by atoms with Gasteiger partial charge in [-0.05, 0) is 24.1 Å². The van der Waals surface area contributed by atoms with Gasteiger partial charge >= 0.3 is 11.7 Å². The number of hydrogen-bond acceptors (Lipinski definition) is 4. The first kappa shape index (κ1) is 11.4. The summed E-state index contributed by atoms with van der Waals surface area (Å²) in [6, 6.07) is 3.26. The third-order valence-corrected chi connectivity index (χ3v) is 2.50. The fourth-order valence-electron chi connectivity index (χ4n) is 1.72. The van der Waals surface area contributed by atoms with E-state index in [1.807, 2.05) is 0 Å². The first-order valence-electron chi connectivity index (χ1n) is 5.00. The quantitative estimate of drug-likeness (QED) is 0.717. The van der Waals surface area contributed by atoms with Crippen molar-refractivity contribution in [3.63, 3.8) is 0 Å². The lowest BCUT2D eigenvalue weighted by atomic mass is 10.0. The van der Waals surface area contributed by atoms with Crippen LogP contribution in [0.25, 0.3) is 11.1 Å². The summed E-state index contributed by atoms with van der Waals surface area (Å²) in [5.74, 6) is -1.84. The smallest absolute Gasteiger partial charge is 0.417 e. The van der Waals surface area contributed by atoms with Gasteiger partial charge in [0.2, 0.25) is 0 Å². The minimum atomic E-state index is -1.46. The molecule has 90 valence electrons. The Morgan fingerprint density at radius 3 is 2.88 bits per heavy atom. The Morgan fingerprint density at radius 2 is 2.24 bits per heavy atom. The van der Waals surface area contributed by atoms with Crippen LogP contribution < -0.4 is 5.76 Å². The second kappa shape index (κ2) is 4.06. The van der Waals surface area contributed by atoms with Gasteiger partial charge in [-0.3, -0.25) is 4.98 Å². The van der Waals surface area contributed by atoms with Gasteiger partial charge in [-0.2, -0.15) is 0 Å². The highest BCUT2D eigenvalue weighted by atomic mass is 16.4. The number of carboxylic acids is 1. The van der Waals surface area contributed by atoms with Crippen molar-refractivity contribution in [1.29, 1.82) is 0 Å². The molecule has 3 N–H and O–H groups in total. The van der Waals surface area contributed by atoms with Gasteiger partial charge in [0.05, 0.1) is 5.52 Å². The zero-order valence-corrected chi connectivity index (χ0v) is 9.06. The number of carboxylic acid groups (broad SMARTS) is 1. The van der Waals surface area contributed by atoms with E-state index < -0.39 is 17.8 Å². The summed E-state index contributed by atoms with van der Waals surface area (Å²) < 4.78 is 4.89. The van der Waals surface area contributed by atoms with Gasteiger partial charge in [0.25, 0.3) is 0 Å². The summed E-state index contributed by atoms with van der Waals surface area (Å²) in [5.41, 5.74) is 2.32. The van der Waals surface area contributed by atoms with E-state index in [0.29, 0.717) is 16.7 Å². The number of aliphatic carboxylic acids is 1. The first-order chi connectivity index (χ1) is 7.97. The first-order valence-corrected chi connectivity index (χ1v) is 5.00. The molecular weight excluding hydrogens is 226 g/mol. The zero-order valence-electron chi connectivity index (χ0n) is 9.06. The molecule has 0 radical (unpaired) electrons. The van der Waals surface area contributed by atoms with E-state index in [0.717, 1.165) is 5.56 Å². The Balaban J connectivity index is 2.42. The monoisotopic (exact) mass is 237 g/mol. The number of carbonyl (C=O) groups is 1. The number of aromatic amines is 1. The van der Waals surface area contributed by atoms with Crippen molar-refractivity contribution in [2.45, 2.75) is 19.4 Å². The SMILES string of the molecule is Cc1cc(C[C@@H](O)C(=O)O)cc2oc(=O)[nH]c12. The van der Waals surface area contributed by atoms with Crippen LogP contribution in [-0.2, 0) is 11.2 Å². The molecule has 0 aliphatic rings. The van der Waals surface area contributed by atoms with Crippen molar-refractivity contribution < 1.29 is 19.4 Å². The van der Waals surface area contributed by atoms with Gasteiger partial charge in [-0.15, -0.1) is 0 Å². The van der Waals surface area contributed by atoms with Gasteiger partial charge in [0.15, 0.2) is 11.7 Å². The minimum Gasteiger partial charge on any atom is -0.479 e. The molecule has 0 saturated carbocycles. The lowest BCUT2D eigenvalue weighted by molar-refractivity contribution is -0.146. The number of aliphatic hydroxyl groups excluding tert-OH is 1. The van der Waals surface area contributed by atoms with Crippen molar-refractivity contribution in [3.8, 4) is 0 Å². The summed E-state index contributed by atoms with van der Waals surface area (Å²) in [7, 11) is 0. The number of aryl methyl sites for hydroxylation is 1. The Morgan fingerprint density at radius 1 is 1.53 bits per heavy atom. The van der Waals surface area contributed by atoms with E-state index >= 15 is 0 Å². The van der Waals surface area contributed by atoms with E-state index in [-0.39, 0.29) is 6.42 Å². The molecule has 1 aromatic carbocycles. The van der Waals surface area contributed by atoms with Gasteiger partial charge in [0, 0.05) is 6.42 Å². The van der Waals surface area contributed by atoms with Gasteiger partial charge in [-0.1, -0.05) is 6.07 Å². The molecule has 17 heavy (non-hydrogen) atoms. The van der Waals surface area contributed by atoms with E-state index in [1.54, 1.807) is 19.1 Å². The maximum absolute atomic E-state index is 11.0. The highest BCUT2D eigenvalue weighted by Crippen LogP contribution is 2.18. The molecule has 0 amide bonds. The molecule has 2 rings (SSSR count). The highest BCUT2D eigenvalue weighted by Gasteiger charge is 2.15. The molecule has 0 aliphatic heterocycles. The molecule has 0 unspecified atom stereocenters. The number of aliphatic hydroxyl groups is 1. The van der Waals surface area contributed by atoms with Crippen molar-refractivity contribution in [3.05, 3.63) is 33.8 Å². The normalized spacial score (nSPS) is 12.8. The number of benzene rings is 1. The molecule has 0 aliphatic carbocycles. The lowest BCUT2D eigenvalue weighted by Crippen LogP contribution is -2.21. The number of aromatic nitrogens is 1. The Labute approximate surface area is 95.5 Å². The number of oxazole rings is 1. The van der Waals surface area contributed by atoms with Crippen molar-refractivity contribution >= 4 is 17.1 Å². The summed E-state index contributed by atoms with van der Waals surface area (Å²) in [4.78, 5) is 24.1. The maximum Gasteiger partial charge on any atom is 0.417 e. The van der Waals surface area contributed by atoms with Gasteiger partial charge in [-0.25, -0.2) is 9.59 Å². The Kier molecular flexibility index (Phi) is 2.72. The third kappa shape index (κ3) is 2.21. The Bertz CT molecular complexity index is 624. The average Bonchev–Trinajstić information content (AvgIpc) is 2.59. The molecule has 0 saturated heterocycles. The van der Waals surface area contributed by atoms with Crippen LogP contribution in [0.5, 0.6) is 0 Å². The Hall–Kier alpha value is -2.08. The minimum absolute atomic E-state index is 0.0268. The van der Waals surface area contributed by atoms with Crippen LogP contribution in [0.4, 0.5) is 0 Å². The summed E-state index contributed by atoms with van der Waals surface area (Å²) in [5, 5.41) is 17.8. The molecule has 6 nitrogen and oxygen atoms in total. The number of H-pyrrole nitrogens is 1. The lowest BCUT2D eigenvalue weighted by Gasteiger charge is -2.06. The zero-order chi connectivity index (χ0) is 12.6. The second-order valence-electron chi connectivity index (χ2n) is 3.86. The third-order valence-electron chi connectivity index (χ3n) is 2.50. The molecule has 0 fully saturated rings. The van der Waals surface area contributed by atoms with E-state index in [9.17, 15) is 14.7 Å². The highest BCUT2D eigenvalue weighted by molar-refractivity contribution is 5.77. The fourth-order valence-corrected chi connectivity index (χ4v) is 1.72. The second-order valence-corrected chi connectivity index (χ2v) is 3.86. The fraction of sp³-hybridized carbons (Fsp3) is 0.273. The van der Waals surface area contributed by atoms with Crippen LogP contribution in [0, 0.1) is 6.92 Å². The van der Waals surface area contributed by atoms with Gasteiger partial charge < -0.3 is 14.6 Å². The molecule has 6 heteroatoms. The number of fused-ring (bicyclic) bond motifs is 1. The number of hydrogen-bond donors (Lipinski definition) is 3. The van der Waals surface area contributed by atoms with E-state index in [2.05, 4.69) is 4.98 Å². The largest absolute Gasteiger partial charge is 0.479 e. The predicted molar refractivity (Wildman–Crippen MR) is 58.9 cm³/mol. The van der Waals surface area contributed by atoms with Crippen LogP contribution in [0.2, 0.25) is 0 Å². The van der Waals surface area contributed by atoms with E-state index in [1.165, 1.54) is 0 Å². The summed E-state index contributed by atoms with van der Waals surface area (Å²) >= 11 is 0. The molecule has 1 aromatic heterocycles. The molecular formula is C11H11NO5. The van der Waals surface area contributed by atoms with Crippen LogP contribution >= 0.6 is 0 Å².